The molecule has 1 amide bonds. The monoisotopic (exact) mass is 1080 g/mol. The van der Waals surface area contributed by atoms with Crippen molar-refractivity contribution in [1.82, 2.24) is 5.32 Å². The van der Waals surface area contributed by atoms with Gasteiger partial charge in [-0.1, -0.05) is 200 Å². The third-order valence-electron chi connectivity index (χ3n) is 15.4. The number of aliphatic hydroxyl groups excluding tert-OH is 11. The van der Waals surface area contributed by atoms with Gasteiger partial charge in [-0.25, -0.2) is 0 Å². The molecular formula is C56H107NO18. The van der Waals surface area contributed by atoms with Crippen LogP contribution in [0.3, 0.4) is 0 Å². The van der Waals surface area contributed by atoms with Crippen molar-refractivity contribution in [2.75, 3.05) is 26.4 Å². The molecule has 0 aliphatic carbocycles. The molecule has 75 heavy (non-hydrogen) atoms. The summed E-state index contributed by atoms with van der Waals surface area (Å²) in [5.41, 5.74) is 0. The summed E-state index contributed by atoms with van der Waals surface area (Å²) in [4.78, 5) is 13.3. The fourth-order valence-electron chi connectivity index (χ4n) is 10.5. The van der Waals surface area contributed by atoms with Crippen molar-refractivity contribution in [1.29, 1.82) is 0 Å². The molecule has 17 atom stereocenters. The standard InChI is InChI=1S/C56H107NO18/c1-3-5-7-9-11-13-15-16-17-18-19-20-21-22-23-24-25-27-29-31-33-40(61)39(57-44(62)34-32-30-28-26-14-12-10-8-6-4-2)38-70-54-50(68)47(65)52(42(36-59)72-54)75-56-51(69)48(66)53(43(37-60)73-56)74-55-49(67)46(64)45(63)41(35-58)71-55/h39-43,45-56,58-61,63-69H,3-38H2,1-2H3,(H,57,62). The zero-order valence-corrected chi connectivity index (χ0v) is 46.0. The van der Waals surface area contributed by atoms with Crippen LogP contribution in [0, 0.1) is 0 Å². The van der Waals surface area contributed by atoms with Crippen LogP contribution >= 0.6 is 0 Å². The van der Waals surface area contributed by atoms with Crippen molar-refractivity contribution < 1.29 is 89.4 Å². The predicted molar refractivity (Wildman–Crippen MR) is 282 cm³/mol. The highest BCUT2D eigenvalue weighted by Crippen LogP contribution is 2.33. The number of rotatable bonds is 44. The van der Waals surface area contributed by atoms with E-state index in [-0.39, 0.29) is 18.9 Å². The summed E-state index contributed by atoms with van der Waals surface area (Å²) in [5.74, 6) is -0.243. The van der Waals surface area contributed by atoms with E-state index in [1.165, 1.54) is 141 Å². The summed E-state index contributed by atoms with van der Waals surface area (Å²) in [7, 11) is 0. The Morgan fingerprint density at radius 1 is 0.427 bits per heavy atom. The number of amides is 1. The highest BCUT2D eigenvalue weighted by atomic mass is 16.8. The van der Waals surface area contributed by atoms with Gasteiger partial charge in [0.1, 0.15) is 73.2 Å². The first-order valence-corrected chi connectivity index (χ1v) is 29.8. The molecule has 3 heterocycles. The lowest BCUT2D eigenvalue weighted by molar-refractivity contribution is -0.379. The molecule has 3 fully saturated rings. The van der Waals surface area contributed by atoms with E-state index in [2.05, 4.69) is 19.2 Å². The zero-order valence-electron chi connectivity index (χ0n) is 46.0. The van der Waals surface area contributed by atoms with Crippen LogP contribution < -0.4 is 5.32 Å². The topological polar surface area (TPSA) is 307 Å². The largest absolute Gasteiger partial charge is 0.394 e. The summed E-state index contributed by atoms with van der Waals surface area (Å²) in [6, 6.07) is -0.878. The van der Waals surface area contributed by atoms with Gasteiger partial charge in [-0.15, -0.1) is 0 Å². The number of carbonyl (C=O) groups excluding carboxylic acids is 1. The molecule has 0 spiro atoms. The smallest absolute Gasteiger partial charge is 0.220 e. The van der Waals surface area contributed by atoms with Crippen molar-refractivity contribution in [2.45, 2.75) is 324 Å². The Kier molecular flexibility index (Phi) is 37.1. The predicted octanol–water partition coefficient (Wildman–Crippen LogP) is 4.82. The third-order valence-corrected chi connectivity index (χ3v) is 15.4. The molecule has 0 saturated carbocycles. The Labute approximate surface area is 449 Å². The molecule has 3 saturated heterocycles. The third kappa shape index (κ3) is 25.4. The van der Waals surface area contributed by atoms with Gasteiger partial charge in [0.2, 0.25) is 5.91 Å². The van der Waals surface area contributed by atoms with Crippen LogP contribution in [0.2, 0.25) is 0 Å². The zero-order chi connectivity index (χ0) is 54.8. The molecule has 444 valence electrons. The first-order chi connectivity index (χ1) is 36.3. The number of nitrogens with one attached hydrogen (secondary N) is 1. The normalized spacial score (nSPS) is 31.1. The van der Waals surface area contributed by atoms with E-state index in [1.807, 2.05) is 0 Å². The van der Waals surface area contributed by atoms with Crippen molar-refractivity contribution in [3.05, 3.63) is 0 Å². The van der Waals surface area contributed by atoms with E-state index >= 15 is 0 Å². The van der Waals surface area contributed by atoms with E-state index in [0.717, 1.165) is 44.9 Å². The number of ether oxygens (including phenoxy) is 6. The molecule has 0 aromatic heterocycles. The lowest BCUT2D eigenvalue weighted by atomic mass is 9.96. The lowest BCUT2D eigenvalue weighted by Crippen LogP contribution is -2.66. The maximum Gasteiger partial charge on any atom is 0.220 e. The fraction of sp³-hybridized carbons (Fsp3) is 0.982. The Hall–Kier alpha value is -1.21. The van der Waals surface area contributed by atoms with Crippen molar-refractivity contribution in [2.24, 2.45) is 0 Å². The number of carbonyl (C=O) groups is 1. The second-order valence-electron chi connectivity index (χ2n) is 21.8. The molecular weight excluding hydrogens is 975 g/mol. The van der Waals surface area contributed by atoms with Crippen LogP contribution in [0.15, 0.2) is 0 Å². The molecule has 12 N–H and O–H groups in total. The van der Waals surface area contributed by atoms with Gasteiger partial charge in [0.05, 0.1) is 38.6 Å². The second-order valence-corrected chi connectivity index (χ2v) is 21.8. The lowest BCUT2D eigenvalue weighted by Gasteiger charge is -2.48. The maximum absolute atomic E-state index is 13.3. The van der Waals surface area contributed by atoms with Crippen molar-refractivity contribution in [3.8, 4) is 0 Å². The Morgan fingerprint density at radius 2 is 0.760 bits per heavy atom. The van der Waals surface area contributed by atoms with Gasteiger partial charge < -0.3 is 89.9 Å². The molecule has 0 bridgehead atoms. The summed E-state index contributed by atoms with van der Waals surface area (Å²) < 4.78 is 34.3. The Balaban J connectivity index is 1.47. The van der Waals surface area contributed by atoms with E-state index in [0.29, 0.717) is 12.8 Å². The van der Waals surface area contributed by atoms with E-state index in [1.54, 1.807) is 0 Å². The highest BCUT2D eigenvalue weighted by Gasteiger charge is 2.53. The minimum Gasteiger partial charge on any atom is -0.394 e. The molecule has 3 rings (SSSR count). The van der Waals surface area contributed by atoms with Crippen LogP contribution in [0.4, 0.5) is 0 Å². The Bertz CT molecular complexity index is 1390. The average Bonchev–Trinajstić information content (AvgIpc) is 3.41. The van der Waals surface area contributed by atoms with Gasteiger partial charge in [0, 0.05) is 6.42 Å². The van der Waals surface area contributed by atoms with Crippen molar-refractivity contribution >= 4 is 5.91 Å². The molecule has 17 unspecified atom stereocenters. The maximum atomic E-state index is 13.3. The quantitative estimate of drug-likeness (QED) is 0.0364. The van der Waals surface area contributed by atoms with Gasteiger partial charge in [-0.3, -0.25) is 4.79 Å². The molecule has 19 nitrogen and oxygen atoms in total. The molecule has 0 aromatic rings. The average molecular weight is 1080 g/mol. The summed E-state index contributed by atoms with van der Waals surface area (Å²) in [5, 5.41) is 120. The van der Waals surface area contributed by atoms with Gasteiger partial charge in [0.25, 0.3) is 0 Å². The van der Waals surface area contributed by atoms with Crippen LogP contribution in [0.5, 0.6) is 0 Å². The second kappa shape index (κ2) is 40.9. The minimum atomic E-state index is -1.97. The Morgan fingerprint density at radius 3 is 1.16 bits per heavy atom. The first kappa shape index (κ1) is 68.1. The summed E-state index contributed by atoms with van der Waals surface area (Å²) in [6.07, 6.45) is 10.6. The molecule has 0 radical (unpaired) electrons. The van der Waals surface area contributed by atoms with E-state index in [9.17, 15) is 61.0 Å². The number of aliphatic hydroxyl groups is 11. The van der Waals surface area contributed by atoms with Crippen LogP contribution in [-0.4, -0.2) is 193 Å². The number of hydrogen-bond donors (Lipinski definition) is 12. The molecule has 3 aliphatic rings. The van der Waals surface area contributed by atoms with Crippen LogP contribution in [0.25, 0.3) is 0 Å². The van der Waals surface area contributed by atoms with Gasteiger partial charge in [0.15, 0.2) is 18.9 Å². The highest BCUT2D eigenvalue weighted by molar-refractivity contribution is 5.76. The van der Waals surface area contributed by atoms with E-state index < -0.39 is 124 Å². The number of hydrogen-bond acceptors (Lipinski definition) is 18. The van der Waals surface area contributed by atoms with Crippen LogP contribution in [0.1, 0.15) is 219 Å². The summed E-state index contributed by atoms with van der Waals surface area (Å²) >= 11 is 0. The minimum absolute atomic E-state index is 0.243. The van der Waals surface area contributed by atoms with Crippen molar-refractivity contribution in [3.63, 3.8) is 0 Å². The molecule has 0 aromatic carbocycles. The van der Waals surface area contributed by atoms with E-state index in [4.69, 9.17) is 28.4 Å². The molecule has 19 heteroatoms. The SMILES string of the molecule is CCCCCCCCCCCCCCCCCCCCCCC(O)C(COC1OC(CO)C(OC2OC(CO)C(OC3OC(CO)C(O)C(O)C3O)C(O)C2O)C(O)C1O)NC(=O)CCCCCCCCCCCC. The van der Waals surface area contributed by atoms with Crippen LogP contribution in [-0.2, 0) is 33.2 Å². The van der Waals surface area contributed by atoms with Gasteiger partial charge in [-0.05, 0) is 12.8 Å². The number of unbranched alkanes of at least 4 members (excludes halogenated alkanes) is 28. The van der Waals surface area contributed by atoms with Gasteiger partial charge in [-0.2, -0.15) is 0 Å². The fourth-order valence-corrected chi connectivity index (χ4v) is 10.5. The first-order valence-electron chi connectivity index (χ1n) is 29.8. The summed E-state index contributed by atoms with van der Waals surface area (Å²) in [6.45, 7) is 1.78. The van der Waals surface area contributed by atoms with Gasteiger partial charge >= 0.3 is 0 Å². The molecule has 3 aliphatic heterocycles.